The smallest absolute Gasteiger partial charge is 0.307 e. The average molecular weight is 409 g/mol. The predicted molar refractivity (Wildman–Crippen MR) is 109 cm³/mol. The Hall–Kier alpha value is -3.35. The average Bonchev–Trinajstić information content (AvgIpc) is 3.40. The van der Waals surface area contributed by atoms with Crippen molar-refractivity contribution >= 4 is 23.3 Å². The number of nitrogens with one attached hydrogen (secondary N) is 1. The molecule has 1 aliphatic heterocycles. The summed E-state index contributed by atoms with van der Waals surface area (Å²) in [5.41, 5.74) is 3.65. The van der Waals surface area contributed by atoms with Gasteiger partial charge in [0, 0.05) is 23.7 Å². The van der Waals surface area contributed by atoms with Crippen molar-refractivity contribution in [2.45, 2.75) is 45.1 Å². The van der Waals surface area contributed by atoms with E-state index in [2.05, 4.69) is 5.32 Å². The summed E-state index contributed by atoms with van der Waals surface area (Å²) >= 11 is 0. The molecule has 4 rings (SSSR count). The maximum absolute atomic E-state index is 12.4. The van der Waals surface area contributed by atoms with Gasteiger partial charge in [-0.1, -0.05) is 12.1 Å². The molecule has 1 heterocycles. The minimum absolute atomic E-state index is 0.0497. The summed E-state index contributed by atoms with van der Waals surface area (Å²) in [6.07, 6.45) is 2.16. The molecule has 1 amide bonds. The zero-order chi connectivity index (χ0) is 21.1. The summed E-state index contributed by atoms with van der Waals surface area (Å²) in [5.74, 6) is 0.00662. The van der Waals surface area contributed by atoms with Crippen LogP contribution in [0.3, 0.4) is 0 Å². The van der Waals surface area contributed by atoms with Gasteiger partial charge in [0.05, 0.1) is 6.42 Å². The molecule has 0 fully saturated rings. The van der Waals surface area contributed by atoms with Crippen molar-refractivity contribution in [1.29, 1.82) is 0 Å². The second kappa shape index (κ2) is 8.57. The fourth-order valence-electron chi connectivity index (χ4n) is 3.63. The topological polar surface area (TPSA) is 90.9 Å². The van der Waals surface area contributed by atoms with Crippen LogP contribution in [0.15, 0.2) is 36.4 Å². The van der Waals surface area contributed by atoms with Gasteiger partial charge in [0.1, 0.15) is 0 Å². The second-order valence-electron chi connectivity index (χ2n) is 7.45. The van der Waals surface area contributed by atoms with E-state index in [9.17, 15) is 14.4 Å². The molecular formula is C23H23NO6. The number of ether oxygens (including phenoxy) is 3. The van der Waals surface area contributed by atoms with Crippen molar-refractivity contribution in [3.63, 3.8) is 0 Å². The number of hydrogen-bond acceptors (Lipinski definition) is 6. The Morgan fingerprint density at radius 2 is 1.80 bits per heavy atom. The summed E-state index contributed by atoms with van der Waals surface area (Å²) in [6, 6.07) is 10.8. The van der Waals surface area contributed by atoms with E-state index in [1.807, 2.05) is 18.2 Å². The monoisotopic (exact) mass is 409 g/mol. The van der Waals surface area contributed by atoms with Crippen LogP contribution in [-0.4, -0.2) is 30.6 Å². The number of ketones is 1. The number of esters is 1. The Labute approximate surface area is 174 Å². The zero-order valence-corrected chi connectivity index (χ0v) is 16.7. The number of fused-ring (bicyclic) bond motifs is 2. The summed E-state index contributed by atoms with van der Waals surface area (Å²) in [4.78, 5) is 36.8. The fraction of sp³-hybridized carbons (Fsp3) is 0.348. The summed E-state index contributed by atoms with van der Waals surface area (Å²) in [6.45, 7) is 1.63. The van der Waals surface area contributed by atoms with Crippen molar-refractivity contribution in [2.24, 2.45) is 0 Å². The Bertz CT molecular complexity index is 999. The Kier molecular flexibility index (Phi) is 5.70. The first-order chi connectivity index (χ1) is 14.5. The van der Waals surface area contributed by atoms with E-state index in [1.54, 1.807) is 18.2 Å². The molecule has 2 aromatic rings. The minimum atomic E-state index is -0.988. The number of benzene rings is 2. The number of rotatable bonds is 7. The molecule has 0 aromatic heterocycles. The highest BCUT2D eigenvalue weighted by Gasteiger charge is 2.21. The molecule has 0 bridgehead atoms. The molecule has 0 spiro atoms. The van der Waals surface area contributed by atoms with Crippen LogP contribution in [-0.2, 0) is 27.2 Å². The molecule has 1 unspecified atom stereocenters. The highest BCUT2D eigenvalue weighted by molar-refractivity contribution is 5.98. The molecule has 0 saturated carbocycles. The lowest BCUT2D eigenvalue weighted by atomic mass is 10.0. The lowest BCUT2D eigenvalue weighted by Crippen LogP contribution is -2.30. The van der Waals surface area contributed by atoms with Gasteiger partial charge in [-0.05, 0) is 55.5 Å². The van der Waals surface area contributed by atoms with Gasteiger partial charge in [-0.15, -0.1) is 0 Å². The molecule has 1 atom stereocenters. The van der Waals surface area contributed by atoms with Crippen LogP contribution in [0, 0.1) is 0 Å². The van der Waals surface area contributed by atoms with E-state index in [0.29, 0.717) is 22.7 Å². The zero-order valence-electron chi connectivity index (χ0n) is 16.7. The molecular weight excluding hydrogens is 386 g/mol. The first-order valence-corrected chi connectivity index (χ1v) is 10.0. The van der Waals surface area contributed by atoms with Crippen molar-refractivity contribution < 1.29 is 28.6 Å². The SMILES string of the molecule is CC(OC(=O)CCC(=O)c1ccc2c(c1)CCC2)C(=O)Nc1ccc2c(c1)OCO2. The lowest BCUT2D eigenvalue weighted by Gasteiger charge is -2.14. The van der Waals surface area contributed by atoms with Gasteiger partial charge in [-0.3, -0.25) is 14.4 Å². The largest absolute Gasteiger partial charge is 0.454 e. The molecule has 0 radical (unpaired) electrons. The summed E-state index contributed by atoms with van der Waals surface area (Å²) in [7, 11) is 0. The molecule has 0 saturated heterocycles. The number of aryl methyl sites for hydroxylation is 2. The predicted octanol–water partition coefficient (Wildman–Crippen LogP) is 3.44. The van der Waals surface area contributed by atoms with E-state index < -0.39 is 18.0 Å². The molecule has 7 nitrogen and oxygen atoms in total. The summed E-state index contributed by atoms with van der Waals surface area (Å²) in [5, 5.41) is 2.67. The fourth-order valence-corrected chi connectivity index (χ4v) is 3.63. The second-order valence-corrected chi connectivity index (χ2v) is 7.45. The Morgan fingerprint density at radius 1 is 1.00 bits per heavy atom. The summed E-state index contributed by atoms with van der Waals surface area (Å²) < 4.78 is 15.7. The van der Waals surface area contributed by atoms with Crippen LogP contribution in [0.4, 0.5) is 5.69 Å². The van der Waals surface area contributed by atoms with Crippen LogP contribution in [0.5, 0.6) is 11.5 Å². The highest BCUT2D eigenvalue weighted by Crippen LogP contribution is 2.34. The van der Waals surface area contributed by atoms with Gasteiger partial charge < -0.3 is 19.5 Å². The van der Waals surface area contributed by atoms with Gasteiger partial charge in [0.2, 0.25) is 6.79 Å². The number of carbonyl (C=O) groups is 3. The minimum Gasteiger partial charge on any atom is -0.454 e. The maximum Gasteiger partial charge on any atom is 0.307 e. The van der Waals surface area contributed by atoms with Crippen molar-refractivity contribution in [3.8, 4) is 11.5 Å². The number of anilines is 1. The number of carbonyl (C=O) groups excluding carboxylic acids is 3. The molecule has 156 valence electrons. The molecule has 1 aliphatic carbocycles. The van der Waals surface area contributed by atoms with E-state index in [0.717, 1.165) is 19.3 Å². The van der Waals surface area contributed by atoms with Crippen molar-refractivity contribution in [1.82, 2.24) is 0 Å². The van der Waals surface area contributed by atoms with Crippen LogP contribution in [0.1, 0.15) is 47.7 Å². The van der Waals surface area contributed by atoms with E-state index in [4.69, 9.17) is 14.2 Å². The quantitative estimate of drug-likeness (QED) is 0.557. The van der Waals surface area contributed by atoms with Crippen LogP contribution in [0.2, 0.25) is 0 Å². The third-order valence-electron chi connectivity index (χ3n) is 5.29. The normalized spacial score (nSPS) is 14.7. The molecule has 1 N–H and O–H groups in total. The lowest BCUT2D eigenvalue weighted by molar-refractivity contribution is -0.153. The van der Waals surface area contributed by atoms with Gasteiger partial charge in [-0.25, -0.2) is 0 Å². The number of amides is 1. The van der Waals surface area contributed by atoms with Crippen LogP contribution < -0.4 is 14.8 Å². The third kappa shape index (κ3) is 4.45. The first kappa shape index (κ1) is 19.9. The van der Waals surface area contributed by atoms with E-state index >= 15 is 0 Å². The van der Waals surface area contributed by atoms with Gasteiger partial charge >= 0.3 is 5.97 Å². The van der Waals surface area contributed by atoms with Crippen LogP contribution >= 0.6 is 0 Å². The van der Waals surface area contributed by atoms with Gasteiger partial charge in [0.15, 0.2) is 23.4 Å². The van der Waals surface area contributed by atoms with Gasteiger partial charge in [0.25, 0.3) is 5.91 Å². The maximum atomic E-state index is 12.4. The first-order valence-electron chi connectivity index (χ1n) is 10.0. The number of hydrogen-bond donors (Lipinski definition) is 1. The van der Waals surface area contributed by atoms with Gasteiger partial charge in [-0.2, -0.15) is 0 Å². The molecule has 2 aliphatic rings. The van der Waals surface area contributed by atoms with Crippen LogP contribution in [0.25, 0.3) is 0 Å². The number of Topliss-reactive ketones (excluding diaryl/α,β-unsaturated/α-hetero) is 1. The Balaban J connectivity index is 1.25. The Morgan fingerprint density at radius 3 is 2.67 bits per heavy atom. The third-order valence-corrected chi connectivity index (χ3v) is 5.29. The van der Waals surface area contributed by atoms with Crippen molar-refractivity contribution in [3.05, 3.63) is 53.1 Å². The van der Waals surface area contributed by atoms with E-state index in [-0.39, 0.29) is 25.4 Å². The standard InChI is InChI=1S/C23H23NO6/c1-14(23(27)24-18-7-9-20-21(12-18)29-13-28-20)30-22(26)10-8-19(25)17-6-5-15-3-2-4-16(15)11-17/h5-7,9,11-12,14H,2-4,8,10,13H2,1H3,(H,24,27). The highest BCUT2D eigenvalue weighted by atomic mass is 16.7. The van der Waals surface area contributed by atoms with Crippen molar-refractivity contribution in [2.75, 3.05) is 12.1 Å². The molecule has 2 aromatic carbocycles. The molecule has 7 heteroatoms. The molecule has 30 heavy (non-hydrogen) atoms. The van der Waals surface area contributed by atoms with E-state index in [1.165, 1.54) is 18.1 Å².